The predicted octanol–water partition coefficient (Wildman–Crippen LogP) is 5.90. The van der Waals surface area contributed by atoms with Crippen LogP contribution in [0, 0.1) is 0 Å². The Labute approximate surface area is 217 Å². The molecule has 9 heteroatoms. The third-order valence-electron chi connectivity index (χ3n) is 5.05. The van der Waals surface area contributed by atoms with Crippen molar-refractivity contribution in [3.05, 3.63) is 100 Å². The van der Waals surface area contributed by atoms with Gasteiger partial charge in [-0.3, -0.25) is 4.79 Å². The number of hydrogen-bond acceptors (Lipinski definition) is 6. The van der Waals surface area contributed by atoms with E-state index in [0.717, 1.165) is 10.8 Å². The van der Waals surface area contributed by atoms with Crippen molar-refractivity contribution >= 4 is 52.1 Å². The molecule has 7 nitrogen and oxygen atoms in total. The zero-order valence-corrected chi connectivity index (χ0v) is 20.5. The highest BCUT2D eigenvalue weighted by Gasteiger charge is 2.16. The molecule has 0 aliphatic heterocycles. The lowest BCUT2D eigenvalue weighted by Crippen LogP contribution is -2.24. The number of carbonyl (C=O) groups is 2. The Morgan fingerprint density at radius 2 is 1.72 bits per heavy atom. The van der Waals surface area contributed by atoms with Gasteiger partial charge in [-0.05, 0) is 53.4 Å². The molecule has 0 saturated heterocycles. The molecule has 0 saturated carbocycles. The number of rotatable bonds is 8. The molecule has 0 unspecified atom stereocenters. The van der Waals surface area contributed by atoms with Crippen molar-refractivity contribution in [3.8, 4) is 17.2 Å². The van der Waals surface area contributed by atoms with Crippen LogP contribution in [0.3, 0.4) is 0 Å². The number of methoxy groups -OCH3 is 1. The number of esters is 1. The fourth-order valence-electron chi connectivity index (χ4n) is 3.33. The first-order chi connectivity index (χ1) is 17.4. The standard InChI is InChI=1S/C27H20Cl2N2O5/c1-34-25-13-17(9-12-24(25)36-27(33)21-11-10-19(28)14-22(21)29)15-30-31-26(32)16-35-23-8-4-6-18-5-2-3-7-20(18)23/h2-15H,16H2,1H3,(H,31,32). The van der Waals surface area contributed by atoms with E-state index >= 15 is 0 Å². The number of halogens is 2. The van der Waals surface area contributed by atoms with Gasteiger partial charge in [-0.2, -0.15) is 5.10 Å². The first-order valence-corrected chi connectivity index (χ1v) is 11.5. The van der Waals surface area contributed by atoms with Gasteiger partial charge in [0, 0.05) is 10.4 Å². The first kappa shape index (κ1) is 25.0. The highest BCUT2D eigenvalue weighted by Crippen LogP contribution is 2.30. The number of hydrogen-bond donors (Lipinski definition) is 1. The van der Waals surface area contributed by atoms with E-state index in [-0.39, 0.29) is 22.9 Å². The Hall–Kier alpha value is -4.07. The predicted molar refractivity (Wildman–Crippen MR) is 140 cm³/mol. The fourth-order valence-corrected chi connectivity index (χ4v) is 3.82. The number of nitrogens with zero attached hydrogens (tertiary/aromatic N) is 1. The maximum absolute atomic E-state index is 12.5. The lowest BCUT2D eigenvalue weighted by atomic mass is 10.1. The summed E-state index contributed by atoms with van der Waals surface area (Å²) in [5.41, 5.74) is 3.19. The summed E-state index contributed by atoms with van der Waals surface area (Å²) in [6.45, 7) is -0.198. The highest BCUT2D eigenvalue weighted by molar-refractivity contribution is 6.36. The average Bonchev–Trinajstić information content (AvgIpc) is 2.88. The van der Waals surface area contributed by atoms with Gasteiger partial charge in [0.2, 0.25) is 0 Å². The van der Waals surface area contributed by atoms with Gasteiger partial charge in [-0.1, -0.05) is 59.6 Å². The van der Waals surface area contributed by atoms with E-state index in [9.17, 15) is 9.59 Å². The zero-order chi connectivity index (χ0) is 25.5. The van der Waals surface area contributed by atoms with E-state index in [2.05, 4.69) is 10.5 Å². The quantitative estimate of drug-likeness (QED) is 0.135. The summed E-state index contributed by atoms with van der Waals surface area (Å²) in [6.07, 6.45) is 1.43. The maximum atomic E-state index is 12.5. The summed E-state index contributed by atoms with van der Waals surface area (Å²) in [7, 11) is 1.44. The Kier molecular flexibility index (Phi) is 8.05. The molecule has 0 bridgehead atoms. The second-order valence-electron chi connectivity index (χ2n) is 7.48. The molecule has 4 aromatic rings. The summed E-state index contributed by atoms with van der Waals surface area (Å²) < 4.78 is 16.4. The molecule has 0 atom stereocenters. The topological polar surface area (TPSA) is 86.2 Å². The number of nitrogens with one attached hydrogen (secondary N) is 1. The second-order valence-corrected chi connectivity index (χ2v) is 8.33. The molecule has 182 valence electrons. The minimum absolute atomic E-state index is 0.169. The molecule has 36 heavy (non-hydrogen) atoms. The van der Waals surface area contributed by atoms with Gasteiger partial charge in [0.1, 0.15) is 5.75 Å². The number of benzene rings is 4. The van der Waals surface area contributed by atoms with Crippen LogP contribution in [0.1, 0.15) is 15.9 Å². The van der Waals surface area contributed by atoms with E-state index in [0.29, 0.717) is 22.1 Å². The third kappa shape index (κ3) is 6.13. The Morgan fingerprint density at radius 3 is 2.53 bits per heavy atom. The van der Waals surface area contributed by atoms with Crippen LogP contribution in [-0.4, -0.2) is 31.8 Å². The van der Waals surface area contributed by atoms with Crippen molar-refractivity contribution in [1.82, 2.24) is 5.43 Å². The fraction of sp³-hybridized carbons (Fsp3) is 0.0741. The molecule has 0 aliphatic carbocycles. The first-order valence-electron chi connectivity index (χ1n) is 10.7. The molecule has 1 N–H and O–H groups in total. The van der Waals surface area contributed by atoms with Gasteiger partial charge < -0.3 is 14.2 Å². The second kappa shape index (κ2) is 11.6. The van der Waals surface area contributed by atoms with Gasteiger partial charge in [0.05, 0.1) is 23.9 Å². The molecule has 0 aliphatic rings. The van der Waals surface area contributed by atoms with Crippen LogP contribution in [0.15, 0.2) is 84.0 Å². The lowest BCUT2D eigenvalue weighted by Gasteiger charge is -2.11. The van der Waals surface area contributed by atoms with E-state index in [4.69, 9.17) is 37.4 Å². The van der Waals surface area contributed by atoms with Gasteiger partial charge in [-0.25, -0.2) is 10.2 Å². The molecular weight excluding hydrogens is 503 g/mol. The molecule has 0 heterocycles. The van der Waals surface area contributed by atoms with Crippen LogP contribution < -0.4 is 19.6 Å². The SMILES string of the molecule is COc1cc(C=NNC(=O)COc2cccc3ccccc23)ccc1OC(=O)c1ccc(Cl)cc1Cl. The number of ether oxygens (including phenoxy) is 3. The summed E-state index contributed by atoms with van der Waals surface area (Å²) in [5.74, 6) is 0.0227. The molecule has 1 amide bonds. The number of fused-ring (bicyclic) bond motifs is 1. The van der Waals surface area contributed by atoms with E-state index < -0.39 is 11.9 Å². The summed E-state index contributed by atoms with van der Waals surface area (Å²) >= 11 is 12.0. The summed E-state index contributed by atoms with van der Waals surface area (Å²) in [4.78, 5) is 24.7. The lowest BCUT2D eigenvalue weighted by molar-refractivity contribution is -0.123. The van der Waals surface area contributed by atoms with Gasteiger partial charge in [-0.15, -0.1) is 0 Å². The Balaban J connectivity index is 1.35. The van der Waals surface area contributed by atoms with Crippen LogP contribution in [-0.2, 0) is 4.79 Å². The third-order valence-corrected chi connectivity index (χ3v) is 5.60. The minimum Gasteiger partial charge on any atom is -0.493 e. The average molecular weight is 523 g/mol. The molecule has 0 radical (unpaired) electrons. The maximum Gasteiger partial charge on any atom is 0.345 e. The van der Waals surface area contributed by atoms with Crippen molar-refractivity contribution in [2.75, 3.05) is 13.7 Å². The van der Waals surface area contributed by atoms with Gasteiger partial charge >= 0.3 is 5.97 Å². The highest BCUT2D eigenvalue weighted by atomic mass is 35.5. The van der Waals surface area contributed by atoms with Crippen molar-refractivity contribution in [3.63, 3.8) is 0 Å². The summed E-state index contributed by atoms with van der Waals surface area (Å²) in [5, 5.41) is 6.48. The van der Waals surface area contributed by atoms with Gasteiger partial charge in [0.25, 0.3) is 5.91 Å². The molecule has 4 aromatic carbocycles. The van der Waals surface area contributed by atoms with Crippen molar-refractivity contribution in [1.29, 1.82) is 0 Å². The van der Waals surface area contributed by atoms with E-state index in [1.807, 2.05) is 36.4 Å². The van der Waals surface area contributed by atoms with Crippen LogP contribution in [0.5, 0.6) is 17.2 Å². The van der Waals surface area contributed by atoms with Crippen LogP contribution >= 0.6 is 23.2 Å². The Morgan fingerprint density at radius 1 is 0.917 bits per heavy atom. The molecule has 0 fully saturated rings. The van der Waals surface area contributed by atoms with Crippen molar-refractivity contribution in [2.45, 2.75) is 0 Å². The normalized spacial score (nSPS) is 10.9. The van der Waals surface area contributed by atoms with Crippen molar-refractivity contribution in [2.24, 2.45) is 5.10 Å². The smallest absolute Gasteiger partial charge is 0.345 e. The van der Waals surface area contributed by atoms with Crippen LogP contribution in [0.4, 0.5) is 0 Å². The molecule has 0 spiro atoms. The van der Waals surface area contributed by atoms with Crippen LogP contribution in [0.2, 0.25) is 10.0 Å². The number of hydrazone groups is 1. The van der Waals surface area contributed by atoms with Gasteiger partial charge in [0.15, 0.2) is 18.1 Å². The largest absolute Gasteiger partial charge is 0.493 e. The van der Waals surface area contributed by atoms with E-state index in [1.54, 1.807) is 30.3 Å². The number of carbonyl (C=O) groups excluding carboxylic acids is 2. The molecule has 4 rings (SSSR count). The molecular formula is C27H20Cl2N2O5. The Bertz CT molecular complexity index is 1450. The van der Waals surface area contributed by atoms with E-state index in [1.165, 1.54) is 25.5 Å². The van der Waals surface area contributed by atoms with Crippen LogP contribution in [0.25, 0.3) is 10.8 Å². The summed E-state index contributed by atoms with van der Waals surface area (Å²) in [6, 6.07) is 22.7. The van der Waals surface area contributed by atoms with Crippen molar-refractivity contribution < 1.29 is 23.8 Å². The minimum atomic E-state index is -0.658. The zero-order valence-electron chi connectivity index (χ0n) is 19.0. The number of amides is 1. The molecule has 0 aromatic heterocycles. The monoisotopic (exact) mass is 522 g/mol.